The zero-order valence-electron chi connectivity index (χ0n) is 24.2. The molecule has 3 aliphatic rings. The number of hydrogen-bond acceptors (Lipinski definition) is 9. The number of fused-ring (bicyclic) bond motifs is 2. The van der Waals surface area contributed by atoms with Crippen LogP contribution < -0.4 is 14.5 Å². The van der Waals surface area contributed by atoms with Gasteiger partial charge in [-0.15, -0.1) is 0 Å². The molecule has 4 heterocycles. The minimum absolute atomic E-state index is 0.0339. The number of phenolic OH excluding ortho intramolecular Hbond substituents is 1. The van der Waals surface area contributed by atoms with E-state index in [1.807, 2.05) is 29.2 Å². The van der Waals surface area contributed by atoms with E-state index >= 15 is 0 Å². The van der Waals surface area contributed by atoms with Gasteiger partial charge in [-0.05, 0) is 36.8 Å². The lowest BCUT2D eigenvalue weighted by atomic mass is 10.0. The Bertz CT molecular complexity index is 1420. The molecule has 0 saturated carbocycles. The Morgan fingerprint density at radius 1 is 1.02 bits per heavy atom. The third-order valence-corrected chi connectivity index (χ3v) is 8.42. The fourth-order valence-electron chi connectivity index (χ4n) is 6.20. The molecule has 2 aromatic carbocycles. The van der Waals surface area contributed by atoms with E-state index < -0.39 is 0 Å². The van der Waals surface area contributed by atoms with Gasteiger partial charge in [0.2, 0.25) is 5.91 Å². The van der Waals surface area contributed by atoms with Gasteiger partial charge in [-0.25, -0.2) is 0 Å². The van der Waals surface area contributed by atoms with E-state index in [0.717, 1.165) is 92.2 Å². The molecule has 0 spiro atoms. The summed E-state index contributed by atoms with van der Waals surface area (Å²) in [5.41, 5.74) is 3.08. The Kier molecular flexibility index (Phi) is 8.71. The molecule has 3 aromatic rings. The Labute approximate surface area is 247 Å². The third kappa shape index (κ3) is 6.29. The predicted octanol–water partition coefficient (Wildman–Crippen LogP) is 3.22. The summed E-state index contributed by atoms with van der Waals surface area (Å²) in [4.78, 5) is 30.8. The van der Waals surface area contributed by atoms with Crippen LogP contribution in [-0.2, 0) is 22.5 Å². The van der Waals surface area contributed by atoms with Crippen LogP contribution in [0.25, 0.3) is 10.8 Å². The van der Waals surface area contributed by atoms with Gasteiger partial charge in [0.1, 0.15) is 11.6 Å². The summed E-state index contributed by atoms with van der Waals surface area (Å²) >= 11 is 0. The van der Waals surface area contributed by atoms with Crippen molar-refractivity contribution in [2.75, 3.05) is 82.0 Å². The SMILES string of the molecule is C=CC(=O)N1CCN(c2nc(OCCCN3CCCOCC3)nc3c2CCN(c2cc(O)cc4ccccc24)C3)CC1. The summed E-state index contributed by atoms with van der Waals surface area (Å²) in [5.74, 6) is 1.13. The fourth-order valence-corrected chi connectivity index (χ4v) is 6.20. The Balaban J connectivity index is 1.23. The van der Waals surface area contributed by atoms with E-state index in [0.29, 0.717) is 45.3 Å². The molecule has 222 valence electrons. The van der Waals surface area contributed by atoms with Crippen LogP contribution in [0.2, 0.25) is 0 Å². The van der Waals surface area contributed by atoms with Gasteiger partial charge in [-0.2, -0.15) is 9.97 Å². The van der Waals surface area contributed by atoms with E-state index in [9.17, 15) is 9.90 Å². The highest BCUT2D eigenvalue weighted by Gasteiger charge is 2.29. The average molecular weight is 573 g/mol. The third-order valence-electron chi connectivity index (χ3n) is 8.42. The minimum Gasteiger partial charge on any atom is -0.508 e. The number of nitrogens with zero attached hydrogens (tertiary/aromatic N) is 6. The number of amides is 1. The molecule has 2 fully saturated rings. The number of carbonyl (C=O) groups is 1. The monoisotopic (exact) mass is 572 g/mol. The van der Waals surface area contributed by atoms with Crippen LogP contribution in [0.4, 0.5) is 11.5 Å². The quantitative estimate of drug-likeness (QED) is 0.323. The molecule has 10 heteroatoms. The first kappa shape index (κ1) is 28.2. The van der Waals surface area contributed by atoms with Crippen LogP contribution in [0.1, 0.15) is 24.1 Å². The summed E-state index contributed by atoms with van der Waals surface area (Å²) < 4.78 is 11.8. The summed E-state index contributed by atoms with van der Waals surface area (Å²) in [7, 11) is 0. The van der Waals surface area contributed by atoms with E-state index in [4.69, 9.17) is 19.4 Å². The van der Waals surface area contributed by atoms with Crippen molar-refractivity contribution in [3.63, 3.8) is 0 Å². The second kappa shape index (κ2) is 13.0. The van der Waals surface area contributed by atoms with Crippen molar-refractivity contribution in [1.82, 2.24) is 19.8 Å². The molecule has 1 N–H and O–H groups in total. The number of benzene rings is 2. The van der Waals surface area contributed by atoms with Crippen LogP contribution in [0.3, 0.4) is 0 Å². The highest BCUT2D eigenvalue weighted by Crippen LogP contribution is 2.36. The molecule has 2 saturated heterocycles. The first-order chi connectivity index (χ1) is 20.6. The molecule has 1 aromatic heterocycles. The number of phenols is 1. The normalized spacial score (nSPS) is 18.0. The van der Waals surface area contributed by atoms with Gasteiger partial charge in [0.25, 0.3) is 0 Å². The molecule has 0 atom stereocenters. The zero-order chi connectivity index (χ0) is 28.9. The van der Waals surface area contributed by atoms with Crippen molar-refractivity contribution >= 4 is 28.2 Å². The first-order valence-electron chi connectivity index (χ1n) is 15.0. The molecule has 42 heavy (non-hydrogen) atoms. The van der Waals surface area contributed by atoms with Gasteiger partial charge < -0.3 is 34.2 Å². The lowest BCUT2D eigenvalue weighted by Crippen LogP contribution is -2.49. The van der Waals surface area contributed by atoms with Crippen LogP contribution >= 0.6 is 0 Å². The van der Waals surface area contributed by atoms with E-state index in [1.54, 1.807) is 6.07 Å². The first-order valence-corrected chi connectivity index (χ1v) is 15.0. The van der Waals surface area contributed by atoms with E-state index in [1.165, 1.54) is 6.08 Å². The van der Waals surface area contributed by atoms with Gasteiger partial charge >= 0.3 is 6.01 Å². The number of carbonyl (C=O) groups excluding carboxylic acids is 1. The number of hydrogen-bond donors (Lipinski definition) is 1. The molecule has 1 amide bonds. The van der Waals surface area contributed by atoms with Crippen molar-refractivity contribution < 1.29 is 19.4 Å². The number of anilines is 2. The molecule has 6 rings (SSSR count). The van der Waals surface area contributed by atoms with Crippen LogP contribution in [0.5, 0.6) is 11.8 Å². The summed E-state index contributed by atoms with van der Waals surface area (Å²) in [6.07, 6.45) is 4.11. The minimum atomic E-state index is -0.0339. The predicted molar refractivity (Wildman–Crippen MR) is 163 cm³/mol. The van der Waals surface area contributed by atoms with Gasteiger partial charge in [0.15, 0.2) is 0 Å². The Morgan fingerprint density at radius 3 is 2.74 bits per heavy atom. The number of ether oxygens (including phenoxy) is 2. The maximum absolute atomic E-state index is 12.2. The van der Waals surface area contributed by atoms with E-state index in [-0.39, 0.29) is 11.7 Å². The van der Waals surface area contributed by atoms with E-state index in [2.05, 4.69) is 27.3 Å². The summed E-state index contributed by atoms with van der Waals surface area (Å²) in [6, 6.07) is 12.2. The number of aromatic hydroxyl groups is 1. The van der Waals surface area contributed by atoms with Gasteiger partial charge in [-0.1, -0.05) is 30.8 Å². The van der Waals surface area contributed by atoms with Gasteiger partial charge in [-0.3, -0.25) is 4.79 Å². The van der Waals surface area contributed by atoms with Crippen LogP contribution in [0, 0.1) is 0 Å². The smallest absolute Gasteiger partial charge is 0.318 e. The molecular weight excluding hydrogens is 532 g/mol. The molecular formula is C32H40N6O4. The van der Waals surface area contributed by atoms with Crippen LogP contribution in [-0.4, -0.2) is 103 Å². The Morgan fingerprint density at radius 2 is 1.88 bits per heavy atom. The van der Waals surface area contributed by atoms with Crippen molar-refractivity contribution in [1.29, 1.82) is 0 Å². The number of aromatic nitrogens is 2. The maximum atomic E-state index is 12.2. The largest absolute Gasteiger partial charge is 0.508 e. The highest BCUT2D eigenvalue weighted by molar-refractivity contribution is 5.95. The molecule has 0 aliphatic carbocycles. The highest BCUT2D eigenvalue weighted by atomic mass is 16.5. The molecule has 3 aliphatic heterocycles. The number of piperazine rings is 1. The lowest BCUT2D eigenvalue weighted by Gasteiger charge is -2.38. The Hall–Kier alpha value is -3.89. The van der Waals surface area contributed by atoms with Crippen molar-refractivity contribution in [2.24, 2.45) is 0 Å². The maximum Gasteiger partial charge on any atom is 0.318 e. The van der Waals surface area contributed by atoms with Gasteiger partial charge in [0, 0.05) is 81.7 Å². The lowest BCUT2D eigenvalue weighted by molar-refractivity contribution is -0.126. The molecule has 0 radical (unpaired) electrons. The second-order valence-electron chi connectivity index (χ2n) is 11.1. The van der Waals surface area contributed by atoms with Gasteiger partial charge in [0.05, 0.1) is 25.5 Å². The topological polar surface area (TPSA) is 94.5 Å². The summed E-state index contributed by atoms with van der Waals surface area (Å²) in [6.45, 7) is 12.8. The fraction of sp³-hybridized carbons (Fsp3) is 0.469. The second-order valence-corrected chi connectivity index (χ2v) is 11.1. The van der Waals surface area contributed by atoms with Crippen LogP contribution in [0.15, 0.2) is 49.1 Å². The summed E-state index contributed by atoms with van der Waals surface area (Å²) in [5, 5.41) is 12.6. The molecule has 0 unspecified atom stereocenters. The standard InChI is InChI=1S/C32H40N6O4/c1-2-30(40)36-13-15-37(16-14-36)31-27-9-12-38(29-22-25(39)21-24-7-3-4-8-26(24)29)23-28(27)33-32(34-31)42-19-6-11-35-10-5-18-41-20-17-35/h2-4,7-8,21-22,39H,1,5-6,9-20,23H2. The number of rotatable bonds is 8. The van der Waals surface area contributed by atoms with Crippen molar-refractivity contribution in [3.8, 4) is 11.8 Å². The van der Waals surface area contributed by atoms with Crippen molar-refractivity contribution in [3.05, 3.63) is 60.3 Å². The molecule has 10 nitrogen and oxygen atoms in total. The average Bonchev–Trinajstić information content (AvgIpc) is 3.30. The van der Waals surface area contributed by atoms with Crippen molar-refractivity contribution in [2.45, 2.75) is 25.8 Å². The zero-order valence-corrected chi connectivity index (χ0v) is 24.2. The molecule has 0 bridgehead atoms.